The average molecular weight is 1040 g/mol. The van der Waals surface area contributed by atoms with Crippen LogP contribution < -0.4 is 20.4 Å². The van der Waals surface area contributed by atoms with Crippen molar-refractivity contribution in [2.24, 2.45) is 0 Å². The minimum absolute atomic E-state index is 0.318. The normalized spacial score (nSPS) is 11.5. The van der Waals surface area contributed by atoms with Gasteiger partial charge in [-0.15, -0.1) is 0 Å². The van der Waals surface area contributed by atoms with Gasteiger partial charge in [-0.3, -0.25) is 0 Å². The van der Waals surface area contributed by atoms with Gasteiger partial charge in [-0.05, 0) is 159 Å². The molecule has 14 nitrogen and oxygen atoms in total. The van der Waals surface area contributed by atoms with E-state index in [4.69, 9.17) is 36.0 Å². The van der Waals surface area contributed by atoms with Crippen molar-refractivity contribution >= 4 is 63.9 Å². The monoisotopic (exact) mass is 1040 g/mol. The molecule has 0 aromatic heterocycles. The molecule has 74 heavy (non-hydrogen) atoms. The van der Waals surface area contributed by atoms with Crippen LogP contribution in [0.5, 0.6) is 0 Å². The van der Waals surface area contributed by atoms with Crippen molar-refractivity contribution < 1.29 is 45.6 Å². The average Bonchev–Trinajstić information content (AvgIpc) is 3.43. The summed E-state index contributed by atoms with van der Waals surface area (Å²) in [6.07, 6.45) is 3.40. The summed E-state index contributed by atoms with van der Waals surface area (Å²) >= 11 is 0. The summed E-state index contributed by atoms with van der Waals surface area (Å²) in [5.41, 5.74) is 13.2. The fourth-order valence-electron chi connectivity index (χ4n) is 8.75. The molecule has 0 aliphatic carbocycles. The summed E-state index contributed by atoms with van der Waals surface area (Å²) in [6.45, 7) is 5.75. The summed E-state index contributed by atoms with van der Waals surface area (Å²) in [6, 6.07) is 52.9. The number of anilines is 6. The Morgan fingerprint density at radius 2 is 0.743 bits per heavy atom. The zero-order valence-electron chi connectivity index (χ0n) is 44.3. The molecular formula is C58H74N4O10Si2. The van der Waals surface area contributed by atoms with Gasteiger partial charge in [0.2, 0.25) is 0 Å². The second-order valence-corrected chi connectivity index (χ2v) is 24.1. The molecule has 0 saturated carbocycles. The Hall–Kier alpha value is -6.35. The lowest BCUT2D eigenvalue weighted by molar-refractivity contribution is 0.122. The number of nitrogens with one attached hydrogen (secondary N) is 2. The molecule has 0 unspecified atom stereocenters. The van der Waals surface area contributed by atoms with Gasteiger partial charge in [0.1, 0.15) is 0 Å². The van der Waals surface area contributed by atoms with Crippen LogP contribution in [0.3, 0.4) is 0 Å². The maximum absolute atomic E-state index is 12.3. The number of carbonyl (C=O) groups excluding carboxylic acids is 2. The largest absolute Gasteiger partial charge is 0.500 e. The fraction of sp³-hybridized carbons (Fsp3) is 0.345. The highest BCUT2D eigenvalue weighted by Crippen LogP contribution is 2.39. The fourth-order valence-corrected chi connectivity index (χ4v) is 12.2. The van der Waals surface area contributed by atoms with Gasteiger partial charge in [-0.25, -0.2) is 9.59 Å². The van der Waals surface area contributed by atoms with Gasteiger partial charge in [-0.1, -0.05) is 72.8 Å². The van der Waals surface area contributed by atoms with E-state index in [9.17, 15) is 9.59 Å². The SMILES string of the molecule is CO[Si](CCCNC(=O)OCCCc1ccc(N(c2ccc(-c3ccc(N(c4ccc(CCCOC(=O)NCCC[Si](OC)(OC)OC)cc4)c4cccc(C)c4)cc3)cc2)c2cccc(C)c2)cc1)(OC)OC. The molecule has 0 spiro atoms. The molecule has 0 aliphatic rings. The summed E-state index contributed by atoms with van der Waals surface area (Å²) in [5.74, 6) is 0. The summed E-state index contributed by atoms with van der Waals surface area (Å²) in [7, 11) is 4.15. The Morgan fingerprint density at radius 1 is 0.419 bits per heavy atom. The van der Waals surface area contributed by atoms with Crippen molar-refractivity contribution in [3.05, 3.63) is 168 Å². The van der Waals surface area contributed by atoms with Gasteiger partial charge in [-0.2, -0.15) is 0 Å². The van der Waals surface area contributed by atoms with E-state index < -0.39 is 29.8 Å². The molecule has 0 saturated heterocycles. The van der Waals surface area contributed by atoms with Crippen LogP contribution >= 0.6 is 0 Å². The number of nitrogens with zero attached hydrogens (tertiary/aromatic N) is 2. The Kier molecular flexibility index (Phi) is 22.3. The predicted molar refractivity (Wildman–Crippen MR) is 298 cm³/mol. The van der Waals surface area contributed by atoms with Gasteiger partial charge in [0.15, 0.2) is 0 Å². The molecule has 0 bridgehead atoms. The molecule has 0 aliphatic heterocycles. The van der Waals surface area contributed by atoms with E-state index in [1.807, 2.05) is 0 Å². The maximum atomic E-state index is 12.3. The molecule has 16 heteroatoms. The van der Waals surface area contributed by atoms with Gasteiger partial charge in [0.05, 0.1) is 13.2 Å². The molecule has 394 valence electrons. The topological polar surface area (TPSA) is 139 Å². The second kappa shape index (κ2) is 28.9. The van der Waals surface area contributed by atoms with Crippen molar-refractivity contribution in [2.45, 2.75) is 64.5 Å². The van der Waals surface area contributed by atoms with Crippen LogP contribution in [0, 0.1) is 13.8 Å². The maximum Gasteiger partial charge on any atom is 0.500 e. The molecule has 6 rings (SSSR count). The lowest BCUT2D eigenvalue weighted by atomic mass is 10.0. The van der Waals surface area contributed by atoms with Crippen molar-refractivity contribution in [1.29, 1.82) is 0 Å². The number of carbonyl (C=O) groups is 2. The van der Waals surface area contributed by atoms with Crippen LogP contribution in [0.2, 0.25) is 12.1 Å². The van der Waals surface area contributed by atoms with Gasteiger partial charge >= 0.3 is 29.8 Å². The third-order valence-corrected chi connectivity index (χ3v) is 18.6. The third kappa shape index (κ3) is 16.3. The van der Waals surface area contributed by atoms with Crippen LogP contribution in [-0.4, -0.2) is 98.8 Å². The van der Waals surface area contributed by atoms with Crippen molar-refractivity contribution in [3.8, 4) is 11.1 Å². The Labute approximate surface area is 440 Å². The van der Waals surface area contributed by atoms with E-state index in [1.165, 1.54) is 11.1 Å². The molecule has 2 N–H and O–H groups in total. The Balaban J connectivity index is 1.06. The smallest absolute Gasteiger partial charge is 0.450 e. The van der Waals surface area contributed by atoms with Gasteiger partial charge in [0, 0.05) is 102 Å². The molecule has 2 amide bonds. The van der Waals surface area contributed by atoms with Crippen LogP contribution in [0.25, 0.3) is 11.1 Å². The van der Waals surface area contributed by atoms with Gasteiger partial charge in [0.25, 0.3) is 0 Å². The first-order valence-electron chi connectivity index (χ1n) is 25.2. The van der Waals surface area contributed by atoms with Crippen LogP contribution in [-0.2, 0) is 48.9 Å². The summed E-state index contributed by atoms with van der Waals surface area (Å²) in [4.78, 5) is 29.2. The number of benzene rings is 6. The number of amides is 2. The van der Waals surface area contributed by atoms with Crippen molar-refractivity contribution in [2.75, 3.05) is 78.8 Å². The van der Waals surface area contributed by atoms with E-state index in [1.54, 1.807) is 42.7 Å². The molecular weight excluding hydrogens is 969 g/mol. The molecule has 0 atom stereocenters. The molecule has 0 heterocycles. The zero-order chi connectivity index (χ0) is 52.8. The van der Waals surface area contributed by atoms with Crippen molar-refractivity contribution in [3.63, 3.8) is 0 Å². The Bertz CT molecular complexity index is 2430. The highest BCUT2D eigenvalue weighted by molar-refractivity contribution is 6.60. The van der Waals surface area contributed by atoms with E-state index in [0.717, 1.165) is 69.2 Å². The minimum atomic E-state index is -2.67. The first kappa shape index (κ1) is 56.9. The molecule has 0 fully saturated rings. The van der Waals surface area contributed by atoms with Crippen LogP contribution in [0.15, 0.2) is 146 Å². The quantitative estimate of drug-likeness (QED) is 0.0341. The number of alkyl carbamates (subject to hydrolysis) is 2. The molecule has 6 aromatic rings. The summed E-state index contributed by atoms with van der Waals surface area (Å²) < 4.78 is 43.6. The second-order valence-electron chi connectivity index (χ2n) is 17.9. The van der Waals surface area contributed by atoms with Gasteiger partial charge < -0.3 is 56.5 Å². The highest BCUT2D eigenvalue weighted by Gasteiger charge is 2.37. The van der Waals surface area contributed by atoms with E-state index in [0.29, 0.717) is 64.1 Å². The molecule has 0 radical (unpaired) electrons. The minimum Gasteiger partial charge on any atom is -0.450 e. The number of ether oxygens (including phenoxy) is 2. The number of hydrogen-bond acceptors (Lipinski definition) is 12. The Morgan fingerprint density at radius 3 is 1.05 bits per heavy atom. The standard InChI is InChI=1S/C58H74N4O10Si2/c1-45-15-9-19-55(43-45)61(51-29-21-47(22-30-51)17-11-39-71-57(63)59-37-13-41-73(65-3,66-4)67-5)53-33-25-49(26-34-53)50-27-35-54(36-28-50)62(56-20-10-16-46(2)44-56)52-31-23-48(24-32-52)18-12-40-72-58(64)60-38-14-42-74(68-6,69-7)70-8/h9-10,15-16,19-36,43-44H,11-14,17-18,37-42H2,1-8H3,(H,59,63)(H,60,64). The number of aryl methyl sites for hydroxylation is 4. The highest BCUT2D eigenvalue weighted by atomic mass is 28.4. The van der Waals surface area contributed by atoms with E-state index in [-0.39, 0.29) is 0 Å². The first-order chi connectivity index (χ1) is 36.0. The van der Waals surface area contributed by atoms with Crippen molar-refractivity contribution in [1.82, 2.24) is 10.6 Å². The number of hydrogen-bond donors (Lipinski definition) is 2. The zero-order valence-corrected chi connectivity index (χ0v) is 46.3. The molecule has 6 aromatic carbocycles. The number of rotatable bonds is 29. The lowest BCUT2D eigenvalue weighted by Gasteiger charge is -2.27. The first-order valence-corrected chi connectivity index (χ1v) is 29.1. The van der Waals surface area contributed by atoms with Crippen LogP contribution in [0.1, 0.15) is 47.9 Å². The van der Waals surface area contributed by atoms with E-state index >= 15 is 0 Å². The van der Waals surface area contributed by atoms with E-state index in [2.05, 4.69) is 180 Å². The van der Waals surface area contributed by atoms with Crippen LogP contribution in [0.4, 0.5) is 43.7 Å². The lowest BCUT2D eigenvalue weighted by Crippen LogP contribution is -2.43. The summed E-state index contributed by atoms with van der Waals surface area (Å²) in [5, 5.41) is 5.61. The third-order valence-electron chi connectivity index (χ3n) is 12.9. The predicted octanol–water partition coefficient (Wildman–Crippen LogP) is 12.8.